The molecular weight excluding hydrogens is 484 g/mol. The number of aliphatic carboxylic acids is 1. The van der Waals surface area contributed by atoms with E-state index in [1.54, 1.807) is 20.8 Å². The number of carbonyl (C=O) groups excluding carboxylic acids is 2. The van der Waals surface area contributed by atoms with Crippen LogP contribution in [0.15, 0.2) is 48.5 Å². The van der Waals surface area contributed by atoms with Gasteiger partial charge < -0.3 is 30.0 Å². The summed E-state index contributed by atoms with van der Waals surface area (Å²) < 4.78 is 15.9. The fourth-order valence-electron chi connectivity index (χ4n) is 3.84. The van der Waals surface area contributed by atoms with Crippen LogP contribution in [0.2, 0.25) is 0 Å². The number of fused-ring (bicyclic) bond motifs is 3. The van der Waals surface area contributed by atoms with Gasteiger partial charge >= 0.3 is 18.2 Å². The molecule has 0 saturated heterocycles. The van der Waals surface area contributed by atoms with E-state index < -0.39 is 29.8 Å². The molecule has 2 amide bonds. The van der Waals surface area contributed by atoms with Gasteiger partial charge in [0.15, 0.2) is 6.04 Å². The molecule has 0 spiro atoms. The quantitative estimate of drug-likeness (QED) is 0.406. The van der Waals surface area contributed by atoms with Crippen LogP contribution in [0.4, 0.5) is 9.59 Å². The summed E-state index contributed by atoms with van der Waals surface area (Å²) in [5.41, 5.74) is 3.77. The van der Waals surface area contributed by atoms with Crippen LogP contribution in [0.5, 0.6) is 0 Å². The minimum atomic E-state index is -1.26. The number of nitrogens with one attached hydrogen (secondary N) is 2. The smallest absolute Gasteiger partial charge is 0.407 e. The predicted octanol–water partition coefficient (Wildman–Crippen LogP) is 4.02. The number of amides is 2. The predicted molar refractivity (Wildman–Crippen MR) is 140 cm³/mol. The van der Waals surface area contributed by atoms with E-state index in [-0.39, 0.29) is 39.2 Å². The van der Waals surface area contributed by atoms with Gasteiger partial charge in [-0.2, -0.15) is 13.5 Å². The fraction of sp³-hybridized carbons (Fsp3) is 0.423. The molecule has 3 rings (SSSR count). The van der Waals surface area contributed by atoms with Gasteiger partial charge in [0, 0.05) is 19.1 Å². The van der Waals surface area contributed by atoms with Crippen molar-refractivity contribution >= 4 is 31.7 Å². The Morgan fingerprint density at radius 3 is 2.11 bits per heavy atom. The largest absolute Gasteiger partial charge is 0.480 e. The summed E-state index contributed by atoms with van der Waals surface area (Å²) in [5.74, 6) is -1.35. The molecule has 0 radical (unpaired) electrons. The number of hydrogen-bond acceptors (Lipinski definition) is 6. The lowest BCUT2D eigenvalue weighted by Crippen LogP contribution is -2.44. The van der Waals surface area contributed by atoms with Crippen molar-refractivity contribution in [1.29, 1.82) is 0 Å². The number of ether oxygens (including phenoxy) is 3. The molecule has 1 atom stereocenters. The molecule has 2 aromatic rings. The first-order valence-corrected chi connectivity index (χ1v) is 11.5. The highest BCUT2D eigenvalue weighted by Gasteiger charge is 2.29. The van der Waals surface area contributed by atoms with Crippen molar-refractivity contribution in [3.05, 3.63) is 59.7 Å². The van der Waals surface area contributed by atoms with Crippen molar-refractivity contribution in [2.24, 2.45) is 0 Å². The van der Waals surface area contributed by atoms with Crippen LogP contribution >= 0.6 is 13.5 Å². The van der Waals surface area contributed by atoms with Crippen molar-refractivity contribution < 1.29 is 33.7 Å². The molecule has 2 aromatic carbocycles. The lowest BCUT2D eigenvalue weighted by atomic mass is 9.98. The third-order valence-corrected chi connectivity index (χ3v) is 5.35. The van der Waals surface area contributed by atoms with Gasteiger partial charge in [-0.1, -0.05) is 48.5 Å². The first kappa shape index (κ1) is 29.0. The Hall–Kier alpha value is -3.24. The third-order valence-electron chi connectivity index (χ3n) is 5.35. The Bertz CT molecular complexity index is 1010. The van der Waals surface area contributed by atoms with Gasteiger partial charge in [-0.15, -0.1) is 0 Å². The van der Waals surface area contributed by atoms with E-state index >= 15 is 0 Å². The Kier molecular flexibility index (Phi) is 10.6. The van der Waals surface area contributed by atoms with Crippen LogP contribution in [0.25, 0.3) is 11.1 Å². The number of rotatable bonds is 10. The zero-order valence-electron chi connectivity index (χ0n) is 20.7. The number of carbonyl (C=O) groups is 3. The van der Waals surface area contributed by atoms with E-state index in [1.807, 2.05) is 48.5 Å². The maximum absolute atomic E-state index is 12.3. The molecule has 0 aromatic heterocycles. The second kappa shape index (κ2) is 13.2. The average Bonchev–Trinajstić information content (AvgIpc) is 3.11. The first-order valence-electron chi connectivity index (χ1n) is 11.5. The Morgan fingerprint density at radius 1 is 0.972 bits per heavy atom. The van der Waals surface area contributed by atoms with Crippen molar-refractivity contribution in [3.8, 4) is 11.1 Å². The number of carboxylic acid groups (broad SMARTS) is 1. The van der Waals surface area contributed by atoms with E-state index in [2.05, 4.69) is 10.6 Å². The third kappa shape index (κ3) is 8.17. The Morgan fingerprint density at radius 2 is 1.56 bits per heavy atom. The van der Waals surface area contributed by atoms with E-state index in [0.717, 1.165) is 22.3 Å². The molecule has 196 valence electrons. The van der Waals surface area contributed by atoms with Crippen molar-refractivity contribution in [3.63, 3.8) is 0 Å². The van der Waals surface area contributed by atoms with Gasteiger partial charge in [0.1, 0.15) is 12.2 Å². The van der Waals surface area contributed by atoms with Crippen LogP contribution in [-0.4, -0.2) is 61.3 Å². The van der Waals surface area contributed by atoms with E-state index in [4.69, 9.17) is 14.2 Å². The maximum Gasteiger partial charge on any atom is 0.407 e. The van der Waals surface area contributed by atoms with Gasteiger partial charge in [0.25, 0.3) is 0 Å². The van der Waals surface area contributed by atoms with Crippen LogP contribution in [0, 0.1) is 0 Å². The lowest BCUT2D eigenvalue weighted by molar-refractivity contribution is -0.141. The van der Waals surface area contributed by atoms with Crippen molar-refractivity contribution in [1.82, 2.24) is 10.6 Å². The summed E-state index contributed by atoms with van der Waals surface area (Å²) in [7, 11) is 0. The van der Waals surface area contributed by atoms with Gasteiger partial charge in [-0.05, 0) is 49.4 Å². The first-order chi connectivity index (χ1) is 16.7. The number of carboxylic acids is 1. The molecule has 1 aliphatic carbocycles. The highest BCUT2D eigenvalue weighted by Crippen LogP contribution is 2.44. The molecule has 3 N–H and O–H groups in total. The van der Waals surface area contributed by atoms with Crippen molar-refractivity contribution in [2.45, 2.75) is 44.8 Å². The van der Waals surface area contributed by atoms with E-state index in [1.165, 1.54) is 0 Å². The molecule has 36 heavy (non-hydrogen) atoms. The van der Waals surface area contributed by atoms with Gasteiger partial charge in [0.2, 0.25) is 0 Å². The normalized spacial score (nSPS) is 13.0. The van der Waals surface area contributed by atoms with E-state index in [9.17, 15) is 19.5 Å². The highest BCUT2D eigenvalue weighted by atomic mass is 32.1. The highest BCUT2D eigenvalue weighted by molar-refractivity contribution is 7.59. The summed E-state index contributed by atoms with van der Waals surface area (Å²) in [5, 5.41) is 14.4. The monoisotopic (exact) mass is 518 g/mol. The Labute approximate surface area is 218 Å². The summed E-state index contributed by atoms with van der Waals surface area (Å²) in [6, 6.07) is 14.7. The van der Waals surface area contributed by atoms with Crippen molar-refractivity contribution in [2.75, 3.05) is 26.4 Å². The molecule has 0 saturated carbocycles. The summed E-state index contributed by atoms with van der Waals surface area (Å²) in [4.78, 5) is 35.5. The molecule has 0 unspecified atom stereocenters. The van der Waals surface area contributed by atoms with Crippen LogP contribution in [-0.2, 0) is 19.0 Å². The molecule has 0 bridgehead atoms. The molecule has 9 nitrogen and oxygen atoms in total. The molecule has 0 aliphatic heterocycles. The fourth-order valence-corrected chi connectivity index (χ4v) is 3.84. The zero-order valence-corrected chi connectivity index (χ0v) is 21.7. The summed E-state index contributed by atoms with van der Waals surface area (Å²) in [6.45, 7) is 5.68. The molecule has 0 fully saturated rings. The number of hydrogen-bond donors (Lipinski definition) is 3. The number of benzene rings is 2. The number of alkyl carbamates (subject to hydrolysis) is 2. The minimum absolute atomic E-state index is 0. The Balaban J connectivity index is 0.00000456. The summed E-state index contributed by atoms with van der Waals surface area (Å²) >= 11 is 0. The molecule has 1 aliphatic rings. The second-order valence-electron chi connectivity index (χ2n) is 9.22. The molecule has 10 heteroatoms. The van der Waals surface area contributed by atoms with Gasteiger partial charge in [-0.25, -0.2) is 14.4 Å². The van der Waals surface area contributed by atoms with Crippen LogP contribution in [0.3, 0.4) is 0 Å². The van der Waals surface area contributed by atoms with Gasteiger partial charge in [-0.3, -0.25) is 0 Å². The van der Waals surface area contributed by atoms with Gasteiger partial charge in [0.05, 0.1) is 6.61 Å². The molecular formula is C26H34N2O7S. The van der Waals surface area contributed by atoms with Crippen LogP contribution < -0.4 is 10.6 Å². The second-order valence-corrected chi connectivity index (χ2v) is 9.22. The SMILES string of the molecule is CC(C)(C)OC(=O)NCCCOC[C@H](NC(=O)OCC1c2ccccc2-c2ccccc21)C(=O)O.S. The maximum atomic E-state index is 12.3. The standard InChI is InChI=1S/C26H32N2O7.H2S/c1-26(2,3)35-24(31)27-13-8-14-33-16-22(23(29)30)28-25(32)34-15-21-19-11-6-4-9-17(19)18-10-5-7-12-20(18)21;/h4-7,9-12,21-22H,8,13-16H2,1-3H3,(H,27,31)(H,28,32)(H,29,30);1H2/t22-;/m0./s1. The topological polar surface area (TPSA) is 123 Å². The van der Waals surface area contributed by atoms with Crippen LogP contribution in [0.1, 0.15) is 44.2 Å². The minimum Gasteiger partial charge on any atom is -0.480 e. The zero-order chi connectivity index (χ0) is 25.4. The lowest BCUT2D eigenvalue weighted by Gasteiger charge is -2.19. The average molecular weight is 519 g/mol. The van der Waals surface area contributed by atoms with E-state index in [0.29, 0.717) is 13.0 Å². The molecule has 0 heterocycles. The summed E-state index contributed by atoms with van der Waals surface area (Å²) in [6.07, 6.45) is -0.899.